The van der Waals surface area contributed by atoms with Gasteiger partial charge >= 0.3 is 0 Å². The van der Waals surface area contributed by atoms with Crippen molar-refractivity contribution in [1.82, 2.24) is 5.32 Å². The number of hydrogen-bond donors (Lipinski definition) is 1. The van der Waals surface area contributed by atoms with Crippen molar-refractivity contribution in [2.75, 3.05) is 0 Å². The molecule has 2 nitrogen and oxygen atoms in total. The molecule has 1 N–H and O–H groups in total. The first-order chi connectivity index (χ1) is 9.47. The van der Waals surface area contributed by atoms with E-state index in [1.54, 1.807) is 36.4 Å². The predicted molar refractivity (Wildman–Crippen MR) is 86.8 cm³/mol. The van der Waals surface area contributed by atoms with Crippen LogP contribution in [0.2, 0.25) is 15.1 Å². The molecule has 6 heteroatoms. The summed E-state index contributed by atoms with van der Waals surface area (Å²) in [5.74, 6) is -0.262. The summed E-state index contributed by atoms with van der Waals surface area (Å²) in [6, 6.07) is 10.2. The summed E-state index contributed by atoms with van der Waals surface area (Å²) >= 11 is 21.2. The molecular formula is C14H9BrCl3NO. The Morgan fingerprint density at radius 1 is 1.05 bits per heavy atom. The third-order valence-electron chi connectivity index (χ3n) is 2.63. The smallest absolute Gasteiger partial charge is 0.253 e. The molecule has 0 radical (unpaired) electrons. The summed E-state index contributed by atoms with van der Waals surface area (Å²) in [5.41, 5.74) is 1.20. The second kappa shape index (κ2) is 6.81. The molecule has 0 aliphatic carbocycles. The number of rotatable bonds is 3. The first-order valence-corrected chi connectivity index (χ1v) is 7.57. The van der Waals surface area contributed by atoms with Crippen LogP contribution in [0.5, 0.6) is 0 Å². The molecular weight excluding hydrogens is 384 g/mol. The average molecular weight is 393 g/mol. The summed E-state index contributed by atoms with van der Waals surface area (Å²) < 4.78 is 0.788. The van der Waals surface area contributed by atoms with E-state index in [2.05, 4.69) is 21.2 Å². The quantitative estimate of drug-likeness (QED) is 0.749. The van der Waals surface area contributed by atoms with Crippen LogP contribution in [0.1, 0.15) is 15.9 Å². The lowest BCUT2D eigenvalue weighted by atomic mass is 10.2. The van der Waals surface area contributed by atoms with Crippen molar-refractivity contribution in [2.24, 2.45) is 0 Å². The third-order valence-corrected chi connectivity index (χ3v) is 4.04. The first-order valence-electron chi connectivity index (χ1n) is 5.64. The largest absolute Gasteiger partial charge is 0.348 e. The van der Waals surface area contributed by atoms with Crippen molar-refractivity contribution in [3.63, 3.8) is 0 Å². The van der Waals surface area contributed by atoms with Crippen molar-refractivity contribution in [2.45, 2.75) is 6.54 Å². The van der Waals surface area contributed by atoms with Gasteiger partial charge in [0.1, 0.15) is 0 Å². The van der Waals surface area contributed by atoms with Crippen molar-refractivity contribution < 1.29 is 4.79 Å². The van der Waals surface area contributed by atoms with E-state index in [0.717, 1.165) is 10.0 Å². The topological polar surface area (TPSA) is 29.1 Å². The lowest BCUT2D eigenvalue weighted by Crippen LogP contribution is -2.23. The van der Waals surface area contributed by atoms with Crippen LogP contribution in [0.25, 0.3) is 0 Å². The average Bonchev–Trinajstić information content (AvgIpc) is 2.40. The molecule has 2 aromatic rings. The van der Waals surface area contributed by atoms with Crippen molar-refractivity contribution in [3.8, 4) is 0 Å². The van der Waals surface area contributed by atoms with Gasteiger partial charge in [0.05, 0.1) is 10.6 Å². The van der Waals surface area contributed by atoms with Crippen molar-refractivity contribution in [1.29, 1.82) is 0 Å². The lowest BCUT2D eigenvalue weighted by molar-refractivity contribution is 0.0951. The Balaban J connectivity index is 2.10. The van der Waals surface area contributed by atoms with E-state index in [9.17, 15) is 4.79 Å². The molecule has 0 fully saturated rings. The zero-order valence-corrected chi connectivity index (χ0v) is 13.9. The highest BCUT2D eigenvalue weighted by atomic mass is 79.9. The number of benzene rings is 2. The standard InChI is InChI=1S/C14H9BrCl3NO/c15-9-2-4-12(17)11(5-9)14(20)19-7-8-1-3-10(16)6-13(8)18/h1-6H,7H2,(H,19,20). The zero-order chi connectivity index (χ0) is 14.7. The van der Waals surface area contributed by atoms with Gasteiger partial charge in [0, 0.05) is 21.1 Å². The molecule has 0 saturated carbocycles. The minimum Gasteiger partial charge on any atom is -0.348 e. The van der Waals surface area contributed by atoms with Gasteiger partial charge in [-0.1, -0.05) is 56.8 Å². The highest BCUT2D eigenvalue weighted by molar-refractivity contribution is 9.10. The van der Waals surface area contributed by atoms with Crippen LogP contribution >= 0.6 is 50.7 Å². The Morgan fingerprint density at radius 3 is 2.50 bits per heavy atom. The van der Waals surface area contributed by atoms with Crippen LogP contribution in [-0.2, 0) is 6.54 Å². The maximum absolute atomic E-state index is 12.1. The molecule has 0 aliphatic rings. The third kappa shape index (κ3) is 3.89. The summed E-state index contributed by atoms with van der Waals surface area (Å²) in [6.07, 6.45) is 0. The lowest BCUT2D eigenvalue weighted by Gasteiger charge is -2.09. The molecule has 2 rings (SSSR count). The fourth-order valence-electron chi connectivity index (χ4n) is 1.61. The zero-order valence-electron chi connectivity index (χ0n) is 10.1. The Morgan fingerprint density at radius 2 is 1.80 bits per heavy atom. The fourth-order valence-corrected chi connectivity index (χ4v) is 2.65. The first kappa shape index (κ1) is 15.6. The number of nitrogens with one attached hydrogen (secondary N) is 1. The van der Waals surface area contributed by atoms with Gasteiger partial charge in [-0.25, -0.2) is 0 Å². The number of amides is 1. The Hall–Kier alpha value is -0.740. The molecule has 0 atom stereocenters. The Bertz CT molecular complexity index is 661. The van der Waals surface area contributed by atoms with Gasteiger partial charge < -0.3 is 5.32 Å². The number of carbonyl (C=O) groups excluding carboxylic acids is 1. The van der Waals surface area contributed by atoms with Crippen LogP contribution < -0.4 is 5.32 Å². The maximum Gasteiger partial charge on any atom is 0.253 e. The minimum absolute atomic E-state index is 0.262. The van der Waals surface area contributed by atoms with E-state index < -0.39 is 0 Å². The monoisotopic (exact) mass is 391 g/mol. The van der Waals surface area contributed by atoms with Gasteiger partial charge in [0.25, 0.3) is 5.91 Å². The molecule has 0 unspecified atom stereocenters. The maximum atomic E-state index is 12.1. The van der Waals surface area contributed by atoms with Gasteiger partial charge in [-0.15, -0.1) is 0 Å². The summed E-state index contributed by atoms with van der Waals surface area (Å²) in [7, 11) is 0. The van der Waals surface area contributed by atoms with E-state index in [1.807, 2.05) is 0 Å². The van der Waals surface area contributed by atoms with Gasteiger partial charge in [-0.05, 0) is 35.9 Å². The minimum atomic E-state index is -0.262. The van der Waals surface area contributed by atoms with E-state index in [-0.39, 0.29) is 5.91 Å². The van der Waals surface area contributed by atoms with Gasteiger partial charge in [-0.2, -0.15) is 0 Å². The summed E-state index contributed by atoms with van der Waals surface area (Å²) in [5, 5.41) is 4.24. The van der Waals surface area contributed by atoms with Crippen LogP contribution in [-0.4, -0.2) is 5.91 Å². The molecule has 20 heavy (non-hydrogen) atoms. The van der Waals surface area contributed by atoms with E-state index in [0.29, 0.717) is 27.2 Å². The van der Waals surface area contributed by atoms with Gasteiger partial charge in [0.15, 0.2) is 0 Å². The Kier molecular flexibility index (Phi) is 5.33. The summed E-state index contributed by atoms with van der Waals surface area (Å²) in [6.45, 7) is 0.303. The molecule has 0 bridgehead atoms. The van der Waals surface area contributed by atoms with E-state index in [4.69, 9.17) is 34.8 Å². The molecule has 0 aromatic heterocycles. The summed E-state index contributed by atoms with van der Waals surface area (Å²) in [4.78, 5) is 12.1. The SMILES string of the molecule is O=C(NCc1ccc(Cl)cc1Cl)c1cc(Br)ccc1Cl. The van der Waals surface area contributed by atoms with Crippen molar-refractivity contribution in [3.05, 3.63) is 67.1 Å². The highest BCUT2D eigenvalue weighted by Gasteiger charge is 2.11. The molecule has 0 saturated heterocycles. The number of halogens is 4. The van der Waals surface area contributed by atoms with Crippen LogP contribution in [0, 0.1) is 0 Å². The molecule has 0 aliphatic heterocycles. The van der Waals surface area contributed by atoms with Gasteiger partial charge in [-0.3, -0.25) is 4.79 Å². The van der Waals surface area contributed by atoms with Crippen LogP contribution in [0.4, 0.5) is 0 Å². The van der Waals surface area contributed by atoms with E-state index >= 15 is 0 Å². The molecule has 0 spiro atoms. The normalized spacial score (nSPS) is 10.4. The molecule has 2 aromatic carbocycles. The Labute approximate surface area is 140 Å². The van der Waals surface area contributed by atoms with Crippen LogP contribution in [0.3, 0.4) is 0 Å². The van der Waals surface area contributed by atoms with Gasteiger partial charge in [0.2, 0.25) is 0 Å². The number of carbonyl (C=O) groups is 1. The fraction of sp³-hybridized carbons (Fsp3) is 0.0714. The second-order valence-corrected chi connectivity index (χ2v) is 6.21. The highest BCUT2D eigenvalue weighted by Crippen LogP contribution is 2.23. The number of hydrogen-bond acceptors (Lipinski definition) is 1. The molecule has 0 heterocycles. The molecule has 1 amide bonds. The molecule has 104 valence electrons. The van der Waals surface area contributed by atoms with Crippen molar-refractivity contribution >= 4 is 56.6 Å². The van der Waals surface area contributed by atoms with E-state index in [1.165, 1.54) is 0 Å². The second-order valence-electron chi connectivity index (χ2n) is 4.04. The van der Waals surface area contributed by atoms with Crippen LogP contribution in [0.15, 0.2) is 40.9 Å². The predicted octanol–water partition coefficient (Wildman–Crippen LogP) is 5.34.